The van der Waals surface area contributed by atoms with Gasteiger partial charge in [0.05, 0.1) is 23.1 Å². The molecule has 6 rings (SSSR count). The number of hydrogen-bond donors (Lipinski definition) is 2. The monoisotopic (exact) mass is 492 g/mol. The Kier molecular flexibility index (Phi) is 6.26. The minimum absolute atomic E-state index is 0.202. The molecule has 1 aliphatic rings. The Morgan fingerprint density at radius 3 is 2.65 bits per heavy atom. The zero-order valence-electron chi connectivity index (χ0n) is 20.8. The second-order valence-corrected chi connectivity index (χ2v) is 9.39. The number of imidazole rings is 1. The van der Waals surface area contributed by atoms with Crippen LogP contribution in [-0.4, -0.2) is 32.6 Å². The number of aryl methyl sites for hydroxylation is 1. The Balaban J connectivity index is 1.40. The van der Waals surface area contributed by atoms with E-state index in [0.29, 0.717) is 5.95 Å². The second-order valence-electron chi connectivity index (χ2n) is 9.39. The largest absolute Gasteiger partial charge is 0.382 e. The molecule has 3 heterocycles. The van der Waals surface area contributed by atoms with Gasteiger partial charge >= 0.3 is 0 Å². The first-order valence-corrected chi connectivity index (χ1v) is 12.9. The fraction of sp³-hybridized carbons (Fsp3) is 0.233. The van der Waals surface area contributed by atoms with Gasteiger partial charge in [0.1, 0.15) is 11.6 Å². The van der Waals surface area contributed by atoms with Crippen molar-refractivity contribution in [2.45, 2.75) is 32.2 Å². The van der Waals surface area contributed by atoms with Crippen LogP contribution in [0.25, 0.3) is 33.4 Å². The number of halogens is 1. The van der Waals surface area contributed by atoms with Gasteiger partial charge in [-0.3, -0.25) is 0 Å². The van der Waals surface area contributed by atoms with Gasteiger partial charge in [-0.2, -0.15) is 0 Å². The molecule has 0 aliphatic carbocycles. The highest BCUT2D eigenvalue weighted by molar-refractivity contribution is 5.93. The fourth-order valence-electron chi connectivity index (χ4n) is 5.14. The normalized spacial score (nSPS) is 14.6. The summed E-state index contributed by atoms with van der Waals surface area (Å²) in [6.45, 7) is 3.68. The summed E-state index contributed by atoms with van der Waals surface area (Å²) in [6, 6.07) is 23.5. The van der Waals surface area contributed by atoms with Gasteiger partial charge < -0.3 is 15.2 Å². The Hall–Kier alpha value is -4.26. The maximum absolute atomic E-state index is 13.7. The summed E-state index contributed by atoms with van der Waals surface area (Å²) in [7, 11) is 0. The first-order chi connectivity index (χ1) is 18.2. The van der Waals surface area contributed by atoms with Crippen LogP contribution >= 0.6 is 0 Å². The molecule has 1 aliphatic heterocycles. The lowest BCUT2D eigenvalue weighted by Crippen LogP contribution is -2.17. The highest BCUT2D eigenvalue weighted by Gasteiger charge is 2.31. The van der Waals surface area contributed by atoms with E-state index in [1.54, 1.807) is 18.3 Å². The van der Waals surface area contributed by atoms with Crippen LogP contribution in [0.4, 0.5) is 16.0 Å². The first kappa shape index (κ1) is 23.2. The van der Waals surface area contributed by atoms with Crippen molar-refractivity contribution in [1.82, 2.24) is 19.5 Å². The standard InChI is InChI=1S/C30H29FN6/c1-2-17-32-30-33-18-16-26(35-30)29-28(21-10-12-22(31)13-11-21)36-27-15-14-23(37(27)29)19-34-25-9-5-7-20-6-3-4-8-24(20)25/h3-13,16,18,23,34H,2,14-15,17,19H2,1H3,(H,32,33,35). The number of hydrogen-bond acceptors (Lipinski definition) is 5. The van der Waals surface area contributed by atoms with Crippen LogP contribution in [0.3, 0.4) is 0 Å². The summed E-state index contributed by atoms with van der Waals surface area (Å²) >= 11 is 0. The van der Waals surface area contributed by atoms with Crippen molar-refractivity contribution >= 4 is 22.4 Å². The van der Waals surface area contributed by atoms with Gasteiger partial charge in [-0.25, -0.2) is 19.3 Å². The zero-order chi connectivity index (χ0) is 25.2. The third-order valence-electron chi connectivity index (χ3n) is 6.92. The third kappa shape index (κ3) is 4.53. The van der Waals surface area contributed by atoms with Gasteiger partial charge in [0.2, 0.25) is 5.95 Å². The van der Waals surface area contributed by atoms with E-state index >= 15 is 0 Å². The average Bonchev–Trinajstić information content (AvgIpc) is 3.51. The Labute approximate surface area is 215 Å². The molecule has 37 heavy (non-hydrogen) atoms. The lowest BCUT2D eigenvalue weighted by molar-refractivity contribution is 0.559. The summed E-state index contributed by atoms with van der Waals surface area (Å²) in [5, 5.41) is 9.42. The molecule has 0 amide bonds. The molecule has 0 spiro atoms. The molecule has 6 nitrogen and oxygen atoms in total. The molecular formula is C30H29FN6. The maximum Gasteiger partial charge on any atom is 0.223 e. The summed E-state index contributed by atoms with van der Waals surface area (Å²) < 4.78 is 16.1. The van der Waals surface area contributed by atoms with Crippen molar-refractivity contribution in [3.63, 3.8) is 0 Å². The molecule has 2 aromatic heterocycles. The smallest absolute Gasteiger partial charge is 0.223 e. The van der Waals surface area contributed by atoms with E-state index in [4.69, 9.17) is 9.97 Å². The molecule has 0 fully saturated rings. The van der Waals surface area contributed by atoms with Gasteiger partial charge in [0.15, 0.2) is 0 Å². The first-order valence-electron chi connectivity index (χ1n) is 12.9. The summed E-state index contributed by atoms with van der Waals surface area (Å²) in [5.41, 5.74) is 4.58. The van der Waals surface area contributed by atoms with E-state index in [2.05, 4.69) is 69.6 Å². The van der Waals surface area contributed by atoms with Crippen LogP contribution in [0.2, 0.25) is 0 Å². The molecule has 7 heteroatoms. The van der Waals surface area contributed by atoms with E-state index in [-0.39, 0.29) is 11.9 Å². The maximum atomic E-state index is 13.7. The minimum Gasteiger partial charge on any atom is -0.382 e. The Morgan fingerprint density at radius 2 is 1.78 bits per heavy atom. The summed E-state index contributed by atoms with van der Waals surface area (Å²) in [6.07, 6.45) is 4.64. The Bertz CT molecular complexity index is 1540. The predicted molar refractivity (Wildman–Crippen MR) is 147 cm³/mol. The molecule has 0 saturated heterocycles. The molecule has 0 bridgehead atoms. The highest BCUT2D eigenvalue weighted by atomic mass is 19.1. The number of rotatable bonds is 8. The zero-order valence-corrected chi connectivity index (χ0v) is 20.8. The predicted octanol–water partition coefficient (Wildman–Crippen LogP) is 6.72. The molecule has 3 aromatic carbocycles. The number of nitrogens with zero attached hydrogens (tertiary/aromatic N) is 4. The van der Waals surface area contributed by atoms with E-state index < -0.39 is 0 Å². The van der Waals surface area contributed by atoms with Crippen molar-refractivity contribution in [2.75, 3.05) is 23.7 Å². The number of benzene rings is 3. The molecule has 0 saturated carbocycles. The Morgan fingerprint density at radius 1 is 0.946 bits per heavy atom. The highest BCUT2D eigenvalue weighted by Crippen LogP contribution is 2.39. The fourth-order valence-corrected chi connectivity index (χ4v) is 5.14. The molecule has 186 valence electrons. The van der Waals surface area contributed by atoms with Gasteiger partial charge in [0.25, 0.3) is 0 Å². The molecule has 5 aromatic rings. The van der Waals surface area contributed by atoms with Crippen LogP contribution in [0.1, 0.15) is 31.6 Å². The molecule has 1 unspecified atom stereocenters. The average molecular weight is 493 g/mol. The summed E-state index contributed by atoms with van der Waals surface area (Å²) in [5.74, 6) is 1.37. The number of anilines is 2. The van der Waals surface area contributed by atoms with E-state index in [1.165, 1.54) is 22.9 Å². The minimum atomic E-state index is -0.262. The van der Waals surface area contributed by atoms with Crippen LogP contribution in [0, 0.1) is 5.82 Å². The quantitative estimate of drug-likeness (QED) is 0.252. The van der Waals surface area contributed by atoms with E-state index in [9.17, 15) is 4.39 Å². The van der Waals surface area contributed by atoms with E-state index in [0.717, 1.165) is 66.5 Å². The van der Waals surface area contributed by atoms with Gasteiger partial charge in [0, 0.05) is 42.3 Å². The van der Waals surface area contributed by atoms with Gasteiger partial charge in [-0.05, 0) is 54.6 Å². The van der Waals surface area contributed by atoms with Crippen molar-refractivity contribution in [3.8, 4) is 22.6 Å². The van der Waals surface area contributed by atoms with Crippen LogP contribution in [0.15, 0.2) is 79.0 Å². The van der Waals surface area contributed by atoms with Crippen molar-refractivity contribution in [2.24, 2.45) is 0 Å². The SMILES string of the molecule is CCCNc1nccc(-c2c(-c3ccc(F)cc3)nc3n2C(CNc2cccc4ccccc24)CC3)n1. The third-order valence-corrected chi connectivity index (χ3v) is 6.92. The van der Waals surface area contributed by atoms with Crippen molar-refractivity contribution in [3.05, 3.63) is 90.6 Å². The van der Waals surface area contributed by atoms with Crippen molar-refractivity contribution in [1.29, 1.82) is 0 Å². The molecule has 2 N–H and O–H groups in total. The van der Waals surface area contributed by atoms with Crippen LogP contribution in [0.5, 0.6) is 0 Å². The van der Waals surface area contributed by atoms with E-state index in [1.807, 2.05) is 6.07 Å². The van der Waals surface area contributed by atoms with Crippen molar-refractivity contribution < 1.29 is 4.39 Å². The van der Waals surface area contributed by atoms with Crippen LogP contribution < -0.4 is 10.6 Å². The lowest BCUT2D eigenvalue weighted by Gasteiger charge is -2.19. The van der Waals surface area contributed by atoms with Crippen LogP contribution in [-0.2, 0) is 6.42 Å². The van der Waals surface area contributed by atoms with Gasteiger partial charge in [-0.15, -0.1) is 0 Å². The topological polar surface area (TPSA) is 67.7 Å². The molecular weight excluding hydrogens is 463 g/mol. The molecule has 1 atom stereocenters. The van der Waals surface area contributed by atoms with Gasteiger partial charge in [-0.1, -0.05) is 43.3 Å². The number of nitrogens with one attached hydrogen (secondary N) is 2. The second kappa shape index (κ2) is 10.0. The number of aromatic nitrogens is 4. The lowest BCUT2D eigenvalue weighted by atomic mass is 10.1. The number of fused-ring (bicyclic) bond motifs is 2. The molecule has 0 radical (unpaired) electrons. The summed E-state index contributed by atoms with van der Waals surface area (Å²) in [4.78, 5) is 14.3.